The minimum Gasteiger partial charge on any atom is -0.399 e. The van der Waals surface area contributed by atoms with Gasteiger partial charge in [-0.25, -0.2) is 0 Å². The third-order valence-electron chi connectivity index (χ3n) is 4.81. The van der Waals surface area contributed by atoms with Crippen LogP contribution in [0.25, 0.3) is 0 Å². The average Bonchev–Trinajstić information content (AvgIpc) is 2.92. The fourth-order valence-corrected chi connectivity index (χ4v) is 2.60. The molecule has 0 saturated carbocycles. The summed E-state index contributed by atoms with van der Waals surface area (Å²) in [6, 6.07) is 10.3. The van der Waals surface area contributed by atoms with Crippen molar-refractivity contribution >= 4 is 12.6 Å². The number of hydrogen-bond donors (Lipinski definition) is 0. The molecule has 22 heavy (non-hydrogen) atoms. The van der Waals surface area contributed by atoms with Crippen molar-refractivity contribution in [3.05, 3.63) is 47.8 Å². The van der Waals surface area contributed by atoms with Gasteiger partial charge < -0.3 is 9.31 Å². The molecule has 4 nitrogen and oxygen atoms in total. The summed E-state index contributed by atoms with van der Waals surface area (Å²) in [5, 5.41) is 4.37. The highest BCUT2D eigenvalue weighted by atomic mass is 16.7. The molecule has 0 unspecified atom stereocenters. The zero-order valence-corrected chi connectivity index (χ0v) is 14.0. The van der Waals surface area contributed by atoms with E-state index in [1.54, 1.807) is 0 Å². The van der Waals surface area contributed by atoms with Gasteiger partial charge in [0.2, 0.25) is 0 Å². The molecule has 2 aromatic rings. The van der Waals surface area contributed by atoms with Crippen molar-refractivity contribution < 1.29 is 9.31 Å². The molecule has 0 N–H and O–H groups in total. The van der Waals surface area contributed by atoms with Crippen LogP contribution in [0, 0.1) is 6.92 Å². The molecule has 1 fully saturated rings. The zero-order valence-electron chi connectivity index (χ0n) is 14.0. The van der Waals surface area contributed by atoms with Crippen molar-refractivity contribution in [3.63, 3.8) is 0 Å². The number of hydrogen-bond acceptors (Lipinski definition) is 3. The van der Waals surface area contributed by atoms with Crippen LogP contribution in [0.15, 0.2) is 36.5 Å². The molecule has 116 valence electrons. The van der Waals surface area contributed by atoms with Gasteiger partial charge in [0.15, 0.2) is 0 Å². The molecule has 1 aromatic heterocycles. The monoisotopic (exact) mass is 298 g/mol. The largest absolute Gasteiger partial charge is 0.495 e. The van der Waals surface area contributed by atoms with Gasteiger partial charge in [0.25, 0.3) is 0 Å². The Labute approximate surface area is 132 Å². The first kappa shape index (κ1) is 15.3. The Balaban J connectivity index is 1.91. The number of aryl methyl sites for hydroxylation is 1. The van der Waals surface area contributed by atoms with Crippen LogP contribution in [0.1, 0.15) is 39.0 Å². The van der Waals surface area contributed by atoms with Gasteiger partial charge in [-0.15, -0.1) is 0 Å². The van der Waals surface area contributed by atoms with Crippen LogP contribution in [0.5, 0.6) is 0 Å². The molecule has 0 aliphatic carbocycles. The Kier molecular flexibility index (Phi) is 3.65. The minimum absolute atomic E-state index is 0.327. The Morgan fingerprint density at radius 1 is 1.05 bits per heavy atom. The fourth-order valence-electron chi connectivity index (χ4n) is 2.60. The van der Waals surface area contributed by atoms with E-state index in [1.165, 1.54) is 5.56 Å². The molecule has 1 saturated heterocycles. The summed E-state index contributed by atoms with van der Waals surface area (Å²) >= 11 is 0. The van der Waals surface area contributed by atoms with E-state index in [1.807, 2.05) is 29.1 Å². The number of nitrogens with zero attached hydrogens (tertiary/aromatic N) is 2. The predicted molar refractivity (Wildman–Crippen MR) is 88.2 cm³/mol. The van der Waals surface area contributed by atoms with Crippen LogP contribution >= 0.6 is 0 Å². The van der Waals surface area contributed by atoms with Gasteiger partial charge in [-0.1, -0.05) is 24.3 Å². The van der Waals surface area contributed by atoms with E-state index in [0.717, 1.165) is 17.7 Å². The molecule has 0 bridgehead atoms. The first-order valence-electron chi connectivity index (χ1n) is 7.72. The second-order valence-corrected chi connectivity index (χ2v) is 6.92. The maximum atomic E-state index is 6.19. The average molecular weight is 298 g/mol. The van der Waals surface area contributed by atoms with Crippen molar-refractivity contribution in [2.45, 2.75) is 52.4 Å². The highest BCUT2D eigenvalue weighted by molar-refractivity contribution is 6.62. The SMILES string of the molecule is Cc1ccnn1Cc1ccccc1B1OC(C)(C)C(C)(C)O1. The number of benzene rings is 1. The van der Waals surface area contributed by atoms with Crippen LogP contribution < -0.4 is 5.46 Å². The molecule has 0 radical (unpaired) electrons. The summed E-state index contributed by atoms with van der Waals surface area (Å²) in [6.07, 6.45) is 1.83. The molecule has 0 amide bonds. The first-order chi connectivity index (χ1) is 10.3. The van der Waals surface area contributed by atoms with E-state index in [9.17, 15) is 0 Å². The second-order valence-electron chi connectivity index (χ2n) is 6.92. The third-order valence-corrected chi connectivity index (χ3v) is 4.81. The van der Waals surface area contributed by atoms with Gasteiger partial charge in [0.05, 0.1) is 17.7 Å². The van der Waals surface area contributed by atoms with E-state index in [-0.39, 0.29) is 18.3 Å². The van der Waals surface area contributed by atoms with E-state index in [2.05, 4.69) is 51.9 Å². The first-order valence-corrected chi connectivity index (χ1v) is 7.72. The molecule has 1 aromatic carbocycles. The topological polar surface area (TPSA) is 36.3 Å². The summed E-state index contributed by atoms with van der Waals surface area (Å²) in [6.45, 7) is 11.1. The molecular weight excluding hydrogens is 275 g/mol. The molecular formula is C17H23BN2O2. The normalized spacial score (nSPS) is 19.6. The lowest BCUT2D eigenvalue weighted by Gasteiger charge is -2.32. The lowest BCUT2D eigenvalue weighted by atomic mass is 9.76. The predicted octanol–water partition coefficient (Wildman–Crippen LogP) is 2.54. The van der Waals surface area contributed by atoms with Crippen LogP contribution in [-0.2, 0) is 15.9 Å². The molecule has 0 atom stereocenters. The van der Waals surface area contributed by atoms with Gasteiger partial charge in [0.1, 0.15) is 0 Å². The maximum absolute atomic E-state index is 6.19. The maximum Gasteiger partial charge on any atom is 0.495 e. The lowest BCUT2D eigenvalue weighted by molar-refractivity contribution is 0.00578. The molecule has 3 rings (SSSR count). The number of rotatable bonds is 3. The van der Waals surface area contributed by atoms with E-state index < -0.39 is 0 Å². The van der Waals surface area contributed by atoms with Gasteiger partial charge in [-0.2, -0.15) is 5.10 Å². The summed E-state index contributed by atoms with van der Waals surface area (Å²) in [5.41, 5.74) is 2.74. The van der Waals surface area contributed by atoms with E-state index in [0.29, 0.717) is 0 Å². The highest BCUT2D eigenvalue weighted by Crippen LogP contribution is 2.36. The van der Waals surface area contributed by atoms with Crippen molar-refractivity contribution in [2.24, 2.45) is 0 Å². The van der Waals surface area contributed by atoms with E-state index in [4.69, 9.17) is 9.31 Å². The van der Waals surface area contributed by atoms with Crippen molar-refractivity contribution in [2.75, 3.05) is 0 Å². The fraction of sp³-hybridized carbons (Fsp3) is 0.471. The summed E-state index contributed by atoms with van der Waals surface area (Å²) in [7, 11) is -0.336. The van der Waals surface area contributed by atoms with Gasteiger partial charge in [0, 0.05) is 11.9 Å². The lowest BCUT2D eigenvalue weighted by Crippen LogP contribution is -2.41. The quantitative estimate of drug-likeness (QED) is 0.817. The zero-order chi connectivity index (χ0) is 16.0. The molecule has 1 aliphatic heterocycles. The molecule has 0 spiro atoms. The highest BCUT2D eigenvalue weighted by Gasteiger charge is 2.52. The van der Waals surface area contributed by atoms with Crippen molar-refractivity contribution in [3.8, 4) is 0 Å². The standard InChI is InChI=1S/C17H23BN2O2/c1-13-10-11-19-20(13)12-14-8-6-7-9-15(14)18-21-16(2,3)17(4,5)22-18/h6-11H,12H2,1-5H3. The van der Waals surface area contributed by atoms with Crippen LogP contribution in [-0.4, -0.2) is 28.1 Å². The van der Waals surface area contributed by atoms with Crippen molar-refractivity contribution in [1.29, 1.82) is 0 Å². The Hall–Kier alpha value is -1.59. The molecule has 5 heteroatoms. The minimum atomic E-state index is -0.336. The van der Waals surface area contributed by atoms with Gasteiger partial charge in [-0.05, 0) is 51.7 Å². The summed E-state index contributed by atoms with van der Waals surface area (Å²) in [4.78, 5) is 0. The third kappa shape index (κ3) is 2.59. The smallest absolute Gasteiger partial charge is 0.399 e. The second kappa shape index (κ2) is 5.25. The van der Waals surface area contributed by atoms with Crippen molar-refractivity contribution in [1.82, 2.24) is 9.78 Å². The van der Waals surface area contributed by atoms with Crippen LogP contribution in [0.3, 0.4) is 0 Å². The molecule has 2 heterocycles. The summed E-state index contributed by atoms with van der Waals surface area (Å²) in [5.74, 6) is 0. The van der Waals surface area contributed by atoms with Gasteiger partial charge in [-0.3, -0.25) is 4.68 Å². The Bertz CT molecular complexity index is 663. The van der Waals surface area contributed by atoms with Crippen LogP contribution in [0.2, 0.25) is 0 Å². The number of aromatic nitrogens is 2. The Morgan fingerprint density at radius 2 is 1.68 bits per heavy atom. The van der Waals surface area contributed by atoms with Gasteiger partial charge >= 0.3 is 7.12 Å². The summed E-state index contributed by atoms with van der Waals surface area (Å²) < 4.78 is 14.4. The molecule has 1 aliphatic rings. The Morgan fingerprint density at radius 3 is 2.27 bits per heavy atom. The van der Waals surface area contributed by atoms with E-state index >= 15 is 0 Å². The van der Waals surface area contributed by atoms with Crippen LogP contribution in [0.4, 0.5) is 0 Å².